The van der Waals surface area contributed by atoms with Crippen molar-refractivity contribution in [3.63, 3.8) is 0 Å². The maximum absolute atomic E-state index is 13.2. The quantitative estimate of drug-likeness (QED) is 0.506. The van der Waals surface area contributed by atoms with Crippen LogP contribution in [0.1, 0.15) is 22.5 Å². The van der Waals surface area contributed by atoms with Crippen molar-refractivity contribution in [1.82, 2.24) is 9.97 Å². The Labute approximate surface area is 142 Å². The summed E-state index contributed by atoms with van der Waals surface area (Å²) < 4.78 is 79.1. The minimum atomic E-state index is -4.97. The standard InChI is InChI=1S/C17H9F6N3/c18-16(19,20)11-5-3-4-9-10(14(24)12-6-1-2-7-25-12)8-13(17(21,22)23)26-15(9)11/h1-8,24H. The molecule has 0 spiro atoms. The molecule has 0 aliphatic rings. The van der Waals surface area contributed by atoms with Crippen molar-refractivity contribution in [2.75, 3.05) is 0 Å². The highest BCUT2D eigenvalue weighted by Gasteiger charge is 2.37. The van der Waals surface area contributed by atoms with Gasteiger partial charge in [0.05, 0.1) is 22.5 Å². The van der Waals surface area contributed by atoms with E-state index in [0.717, 1.165) is 6.07 Å². The summed E-state index contributed by atoms with van der Waals surface area (Å²) in [5, 5.41) is 7.94. The van der Waals surface area contributed by atoms with Crippen LogP contribution in [-0.2, 0) is 12.4 Å². The summed E-state index contributed by atoms with van der Waals surface area (Å²) >= 11 is 0. The summed E-state index contributed by atoms with van der Waals surface area (Å²) in [6, 6.07) is 7.94. The van der Waals surface area contributed by atoms with Crippen molar-refractivity contribution in [3.8, 4) is 0 Å². The van der Waals surface area contributed by atoms with Gasteiger partial charge in [-0.3, -0.25) is 10.4 Å². The molecule has 0 fully saturated rings. The van der Waals surface area contributed by atoms with E-state index in [1.165, 1.54) is 24.4 Å². The molecular weight excluding hydrogens is 360 g/mol. The molecule has 0 aliphatic carbocycles. The van der Waals surface area contributed by atoms with Gasteiger partial charge in [0, 0.05) is 17.1 Å². The minimum Gasteiger partial charge on any atom is -0.298 e. The summed E-state index contributed by atoms with van der Waals surface area (Å²) in [5.74, 6) is 0. The largest absolute Gasteiger partial charge is 0.433 e. The highest BCUT2D eigenvalue weighted by molar-refractivity contribution is 6.16. The molecule has 0 aliphatic heterocycles. The van der Waals surface area contributed by atoms with Crippen LogP contribution in [0.15, 0.2) is 48.7 Å². The van der Waals surface area contributed by atoms with Crippen LogP contribution in [0.2, 0.25) is 0 Å². The molecule has 0 bridgehead atoms. The normalized spacial score (nSPS) is 12.4. The Bertz CT molecular complexity index is 977. The number of hydrogen-bond donors (Lipinski definition) is 1. The van der Waals surface area contributed by atoms with E-state index >= 15 is 0 Å². The number of benzene rings is 1. The molecule has 0 saturated heterocycles. The Hall–Kier alpha value is -2.97. The molecular formula is C17H9F6N3. The highest BCUT2D eigenvalue weighted by atomic mass is 19.4. The Balaban J connectivity index is 2.36. The molecule has 1 N–H and O–H groups in total. The fraction of sp³-hybridized carbons (Fsp3) is 0.118. The van der Waals surface area contributed by atoms with E-state index in [2.05, 4.69) is 9.97 Å². The predicted molar refractivity (Wildman–Crippen MR) is 81.9 cm³/mol. The molecule has 3 rings (SSSR count). The first-order chi connectivity index (χ1) is 12.1. The van der Waals surface area contributed by atoms with Gasteiger partial charge in [-0.2, -0.15) is 26.3 Å². The predicted octanol–water partition coefficient (Wildman–Crippen LogP) is 5.08. The number of fused-ring (bicyclic) bond motifs is 1. The number of hydrogen-bond acceptors (Lipinski definition) is 3. The lowest BCUT2D eigenvalue weighted by Crippen LogP contribution is -2.15. The van der Waals surface area contributed by atoms with Crippen molar-refractivity contribution >= 4 is 16.6 Å². The zero-order valence-electron chi connectivity index (χ0n) is 12.8. The molecule has 2 heterocycles. The van der Waals surface area contributed by atoms with Crippen molar-refractivity contribution < 1.29 is 26.3 Å². The maximum Gasteiger partial charge on any atom is 0.433 e. The summed E-state index contributed by atoms with van der Waals surface area (Å²) in [7, 11) is 0. The van der Waals surface area contributed by atoms with E-state index in [9.17, 15) is 26.3 Å². The average molecular weight is 369 g/mol. The first kappa shape index (κ1) is 17.8. The number of para-hydroxylation sites is 1. The third-order valence-electron chi connectivity index (χ3n) is 3.63. The number of pyridine rings is 2. The van der Waals surface area contributed by atoms with Crippen molar-refractivity contribution in [2.45, 2.75) is 12.4 Å². The summed E-state index contributed by atoms with van der Waals surface area (Å²) in [6.07, 6.45) is -8.52. The van der Waals surface area contributed by atoms with Crippen molar-refractivity contribution in [2.24, 2.45) is 0 Å². The zero-order chi connectivity index (χ0) is 19.1. The molecule has 2 aromatic heterocycles. The van der Waals surface area contributed by atoms with E-state index in [4.69, 9.17) is 5.41 Å². The van der Waals surface area contributed by atoms with Gasteiger partial charge >= 0.3 is 12.4 Å². The van der Waals surface area contributed by atoms with Gasteiger partial charge in [-0.15, -0.1) is 0 Å². The van der Waals surface area contributed by atoms with Gasteiger partial charge in [-0.1, -0.05) is 18.2 Å². The number of alkyl halides is 6. The van der Waals surface area contributed by atoms with Crippen LogP contribution in [0.5, 0.6) is 0 Å². The van der Waals surface area contributed by atoms with Crippen LogP contribution in [0.25, 0.3) is 10.9 Å². The van der Waals surface area contributed by atoms with Crippen LogP contribution >= 0.6 is 0 Å². The summed E-state index contributed by atoms with van der Waals surface area (Å²) in [4.78, 5) is 7.06. The van der Waals surface area contributed by atoms with E-state index in [1.54, 1.807) is 6.07 Å². The molecule has 0 amide bonds. The second-order valence-corrected chi connectivity index (χ2v) is 5.34. The van der Waals surface area contributed by atoms with E-state index in [0.29, 0.717) is 12.1 Å². The third kappa shape index (κ3) is 3.24. The molecule has 3 nitrogen and oxygen atoms in total. The summed E-state index contributed by atoms with van der Waals surface area (Å²) in [6.45, 7) is 0. The third-order valence-corrected chi connectivity index (χ3v) is 3.63. The second kappa shape index (κ2) is 6.08. The average Bonchev–Trinajstić information content (AvgIpc) is 2.58. The Morgan fingerprint density at radius 3 is 2.19 bits per heavy atom. The second-order valence-electron chi connectivity index (χ2n) is 5.34. The lowest BCUT2D eigenvalue weighted by molar-refractivity contribution is -0.142. The molecule has 0 unspecified atom stereocenters. The number of rotatable bonds is 2. The highest BCUT2D eigenvalue weighted by Crippen LogP contribution is 2.37. The van der Waals surface area contributed by atoms with E-state index in [1.807, 2.05) is 0 Å². The minimum absolute atomic E-state index is 0.0329. The lowest BCUT2D eigenvalue weighted by Gasteiger charge is -2.15. The fourth-order valence-electron chi connectivity index (χ4n) is 2.48. The van der Waals surface area contributed by atoms with Gasteiger partial charge in [-0.05, 0) is 24.3 Å². The number of halogens is 6. The monoisotopic (exact) mass is 369 g/mol. The number of aromatic nitrogens is 2. The molecule has 3 aromatic rings. The van der Waals surface area contributed by atoms with Crippen LogP contribution in [0.3, 0.4) is 0 Å². The molecule has 0 atom stereocenters. The fourth-order valence-corrected chi connectivity index (χ4v) is 2.48. The van der Waals surface area contributed by atoms with E-state index in [-0.39, 0.29) is 16.6 Å². The Morgan fingerprint density at radius 2 is 1.62 bits per heavy atom. The van der Waals surface area contributed by atoms with Crippen LogP contribution in [0.4, 0.5) is 26.3 Å². The summed E-state index contributed by atoms with van der Waals surface area (Å²) in [5.41, 5.74) is -4.38. The van der Waals surface area contributed by atoms with Crippen molar-refractivity contribution in [1.29, 1.82) is 5.41 Å². The van der Waals surface area contributed by atoms with Crippen LogP contribution in [0, 0.1) is 5.41 Å². The molecule has 1 aromatic carbocycles. The van der Waals surface area contributed by atoms with Crippen LogP contribution in [-0.4, -0.2) is 15.7 Å². The maximum atomic E-state index is 13.2. The SMILES string of the molecule is N=C(c1ccccn1)c1cc(C(F)(F)F)nc2c(C(F)(F)F)cccc12. The van der Waals surface area contributed by atoms with Crippen LogP contribution < -0.4 is 0 Å². The van der Waals surface area contributed by atoms with Gasteiger partial charge in [0.25, 0.3) is 0 Å². The van der Waals surface area contributed by atoms with Crippen molar-refractivity contribution in [3.05, 3.63) is 71.2 Å². The molecule has 134 valence electrons. The Kier molecular flexibility index (Phi) is 4.17. The Morgan fingerprint density at radius 1 is 0.885 bits per heavy atom. The lowest BCUT2D eigenvalue weighted by atomic mass is 9.98. The number of nitrogens with one attached hydrogen (secondary N) is 1. The topological polar surface area (TPSA) is 49.6 Å². The first-order valence-corrected chi connectivity index (χ1v) is 7.17. The van der Waals surface area contributed by atoms with Gasteiger partial charge in [-0.25, -0.2) is 4.98 Å². The molecule has 9 heteroatoms. The van der Waals surface area contributed by atoms with Gasteiger partial charge in [0.1, 0.15) is 5.69 Å². The van der Waals surface area contributed by atoms with E-state index < -0.39 is 34.8 Å². The van der Waals surface area contributed by atoms with Gasteiger partial charge in [0.2, 0.25) is 0 Å². The smallest absolute Gasteiger partial charge is 0.298 e. The molecule has 26 heavy (non-hydrogen) atoms. The first-order valence-electron chi connectivity index (χ1n) is 7.17. The zero-order valence-corrected chi connectivity index (χ0v) is 12.8. The molecule has 0 radical (unpaired) electrons. The van der Waals surface area contributed by atoms with Gasteiger partial charge in [0.15, 0.2) is 0 Å². The number of nitrogens with zero attached hydrogens (tertiary/aromatic N) is 2. The van der Waals surface area contributed by atoms with Gasteiger partial charge < -0.3 is 0 Å². The molecule has 0 saturated carbocycles.